The molecule has 1 aliphatic rings. The lowest BCUT2D eigenvalue weighted by Gasteiger charge is -2.30. The third-order valence-corrected chi connectivity index (χ3v) is 7.26. The van der Waals surface area contributed by atoms with E-state index >= 15 is 0 Å². The molecule has 4 aromatic carbocycles. The number of amides is 1. The minimum atomic E-state index is -0.669. The minimum Gasteiger partial charge on any atom is -0.422 e. The van der Waals surface area contributed by atoms with E-state index < -0.39 is 17.4 Å². The molecule has 39 heavy (non-hydrogen) atoms. The number of carbonyl (C=O) groups is 2. The van der Waals surface area contributed by atoms with Crippen molar-refractivity contribution in [1.29, 1.82) is 0 Å². The lowest BCUT2D eigenvalue weighted by molar-refractivity contribution is -0.114. The van der Waals surface area contributed by atoms with Gasteiger partial charge in [-0.25, -0.2) is 10.2 Å². The number of hydrogen-bond donors (Lipinski definition) is 2. The van der Waals surface area contributed by atoms with Crippen LogP contribution in [-0.2, 0) is 10.3 Å². The Labute approximate surface area is 242 Å². The maximum absolute atomic E-state index is 13.0. The van der Waals surface area contributed by atoms with E-state index in [4.69, 9.17) is 4.74 Å². The molecule has 5 rings (SSSR count). The number of esters is 1. The Morgan fingerprint density at radius 3 is 2.13 bits per heavy atom. The summed E-state index contributed by atoms with van der Waals surface area (Å²) in [5, 5.41) is 8.50. The highest BCUT2D eigenvalue weighted by molar-refractivity contribution is 9.10. The summed E-state index contributed by atoms with van der Waals surface area (Å²) in [7, 11) is 0. The molecule has 0 aliphatic carbocycles. The minimum absolute atomic E-state index is 0.302. The molecule has 0 saturated carbocycles. The molecule has 1 aliphatic heterocycles. The second kappa shape index (κ2) is 11.8. The van der Waals surface area contributed by atoms with Crippen LogP contribution in [0.5, 0.6) is 5.75 Å². The highest BCUT2D eigenvalue weighted by Crippen LogP contribution is 2.36. The molecule has 0 spiro atoms. The van der Waals surface area contributed by atoms with Crippen LogP contribution in [0.15, 0.2) is 122 Å². The Balaban J connectivity index is 1.30. The second-order valence-electron chi connectivity index (χ2n) is 8.76. The zero-order valence-corrected chi connectivity index (χ0v) is 23.6. The van der Waals surface area contributed by atoms with Gasteiger partial charge in [-0.3, -0.25) is 10.2 Å². The number of nitrogens with zero attached hydrogens (tertiary/aromatic N) is 2. The van der Waals surface area contributed by atoms with Crippen molar-refractivity contribution in [3.63, 3.8) is 0 Å². The van der Waals surface area contributed by atoms with Crippen LogP contribution in [0.2, 0.25) is 0 Å². The Morgan fingerprint density at radius 1 is 0.872 bits per heavy atom. The van der Waals surface area contributed by atoms with Crippen LogP contribution in [0.3, 0.4) is 0 Å². The van der Waals surface area contributed by atoms with Crippen LogP contribution in [0.4, 0.5) is 0 Å². The zero-order valence-electron chi connectivity index (χ0n) is 20.5. The van der Waals surface area contributed by atoms with Gasteiger partial charge in [0.25, 0.3) is 5.91 Å². The Hall–Kier alpha value is -4.08. The Morgan fingerprint density at radius 2 is 1.49 bits per heavy atom. The molecule has 2 N–H and O–H groups in total. The summed E-state index contributed by atoms with van der Waals surface area (Å²) in [5.41, 5.74) is 8.31. The van der Waals surface area contributed by atoms with E-state index in [1.807, 2.05) is 60.7 Å². The molecular formula is C30H22Br2N4O3. The van der Waals surface area contributed by atoms with E-state index in [2.05, 4.69) is 52.9 Å². The van der Waals surface area contributed by atoms with Gasteiger partial charge in [-0.15, -0.1) is 0 Å². The normalized spacial score (nSPS) is 13.9. The zero-order chi connectivity index (χ0) is 27.2. The second-order valence-corrected chi connectivity index (χ2v) is 10.6. The summed E-state index contributed by atoms with van der Waals surface area (Å²) >= 11 is 6.78. The van der Waals surface area contributed by atoms with Gasteiger partial charge >= 0.3 is 5.97 Å². The fourth-order valence-electron chi connectivity index (χ4n) is 4.25. The first-order chi connectivity index (χ1) is 18.9. The third kappa shape index (κ3) is 6.00. The maximum atomic E-state index is 13.0. The van der Waals surface area contributed by atoms with E-state index in [9.17, 15) is 9.59 Å². The molecule has 4 aromatic rings. The summed E-state index contributed by atoms with van der Waals surface area (Å²) in [6, 6.07) is 31.8. The van der Waals surface area contributed by atoms with E-state index in [-0.39, 0.29) is 0 Å². The van der Waals surface area contributed by atoms with Crippen LogP contribution in [0.25, 0.3) is 0 Å². The van der Waals surface area contributed by atoms with Crippen molar-refractivity contribution in [1.82, 2.24) is 10.9 Å². The monoisotopic (exact) mass is 644 g/mol. The molecule has 0 bridgehead atoms. The number of carbonyl (C=O) groups excluding carboxylic acids is 2. The molecule has 0 unspecified atom stereocenters. The average molecular weight is 646 g/mol. The third-order valence-electron chi connectivity index (χ3n) is 6.23. The van der Waals surface area contributed by atoms with Crippen LogP contribution < -0.4 is 15.6 Å². The smallest absolute Gasteiger partial charge is 0.343 e. The van der Waals surface area contributed by atoms with E-state index in [1.165, 1.54) is 6.21 Å². The fourth-order valence-corrected chi connectivity index (χ4v) is 4.90. The van der Waals surface area contributed by atoms with Gasteiger partial charge in [-0.1, -0.05) is 92.5 Å². The van der Waals surface area contributed by atoms with Crippen LogP contribution in [0, 0.1) is 0 Å². The summed E-state index contributed by atoms with van der Waals surface area (Å²) in [6.07, 6.45) is 1.77. The van der Waals surface area contributed by atoms with Crippen LogP contribution in [-0.4, -0.2) is 23.8 Å². The predicted octanol–water partition coefficient (Wildman–Crippen LogP) is 6.17. The number of benzene rings is 4. The van der Waals surface area contributed by atoms with Crippen molar-refractivity contribution >= 4 is 55.7 Å². The molecular weight excluding hydrogens is 624 g/mol. The van der Waals surface area contributed by atoms with Gasteiger partial charge in [0.1, 0.15) is 17.0 Å². The number of rotatable bonds is 7. The quantitative estimate of drug-likeness (QED) is 0.109. The van der Waals surface area contributed by atoms with Crippen molar-refractivity contribution in [3.05, 3.63) is 134 Å². The van der Waals surface area contributed by atoms with Gasteiger partial charge in [-0.05, 0) is 53.6 Å². The lowest BCUT2D eigenvalue weighted by Crippen LogP contribution is -2.38. The summed E-state index contributed by atoms with van der Waals surface area (Å²) < 4.78 is 7.22. The molecule has 1 amide bonds. The van der Waals surface area contributed by atoms with Gasteiger partial charge in [-0.2, -0.15) is 10.2 Å². The topological polar surface area (TPSA) is 92.1 Å². The van der Waals surface area contributed by atoms with Crippen molar-refractivity contribution in [2.45, 2.75) is 12.0 Å². The van der Waals surface area contributed by atoms with Crippen LogP contribution in [0.1, 0.15) is 33.5 Å². The SMILES string of the molecule is O=C(N/N=C/c1cc(Br)ccc1OC(=O)c1ccc(Br)cc1)C1=NNC(c2ccccc2)(c2ccccc2)C1. The van der Waals surface area contributed by atoms with E-state index in [0.717, 1.165) is 20.1 Å². The van der Waals surface area contributed by atoms with Gasteiger partial charge in [0.05, 0.1) is 11.8 Å². The first kappa shape index (κ1) is 26.5. The molecule has 0 aromatic heterocycles. The number of halogens is 2. The summed E-state index contributed by atoms with van der Waals surface area (Å²) in [6.45, 7) is 0. The van der Waals surface area contributed by atoms with Crippen molar-refractivity contribution in [2.75, 3.05) is 0 Å². The molecule has 7 nitrogen and oxygen atoms in total. The van der Waals surface area contributed by atoms with E-state index in [1.54, 1.807) is 42.5 Å². The van der Waals surface area contributed by atoms with Gasteiger partial charge < -0.3 is 4.74 Å². The summed E-state index contributed by atoms with van der Waals surface area (Å²) in [4.78, 5) is 25.7. The first-order valence-electron chi connectivity index (χ1n) is 12.0. The van der Waals surface area contributed by atoms with Crippen LogP contribution >= 0.6 is 31.9 Å². The predicted molar refractivity (Wildman–Crippen MR) is 158 cm³/mol. The number of ether oxygens (including phenoxy) is 1. The molecule has 194 valence electrons. The highest BCUT2D eigenvalue weighted by atomic mass is 79.9. The summed E-state index contributed by atoms with van der Waals surface area (Å²) in [5.74, 6) is -0.639. The Kier molecular flexibility index (Phi) is 7.99. The lowest BCUT2D eigenvalue weighted by atomic mass is 9.80. The molecule has 0 fully saturated rings. The molecule has 0 radical (unpaired) electrons. The number of nitrogens with one attached hydrogen (secondary N) is 2. The maximum Gasteiger partial charge on any atom is 0.343 e. The molecule has 1 heterocycles. The number of hydrazone groups is 2. The Bertz CT molecular complexity index is 1520. The van der Waals surface area contributed by atoms with Crippen molar-refractivity contribution in [2.24, 2.45) is 10.2 Å². The van der Waals surface area contributed by atoms with Crippen molar-refractivity contribution in [3.8, 4) is 5.75 Å². The van der Waals surface area contributed by atoms with Gasteiger partial charge in [0.15, 0.2) is 0 Å². The standard InChI is InChI=1S/C30H22Br2N4O3/c31-24-13-11-20(12-14-24)29(38)39-27-16-15-25(32)17-21(27)19-33-35-28(37)26-18-30(36-34-26,22-7-3-1-4-8-22)23-9-5-2-6-10-23/h1-17,19,36H,18H2,(H,35,37)/b33-19+. The largest absolute Gasteiger partial charge is 0.422 e. The first-order valence-corrected chi connectivity index (χ1v) is 13.6. The number of hydrogen-bond acceptors (Lipinski definition) is 6. The molecule has 0 saturated heterocycles. The molecule has 0 atom stereocenters. The fraction of sp³-hybridized carbons (Fsp3) is 0.0667. The average Bonchev–Trinajstić information content (AvgIpc) is 3.43. The molecule has 9 heteroatoms. The van der Waals surface area contributed by atoms with E-state index in [0.29, 0.717) is 29.0 Å². The highest BCUT2D eigenvalue weighted by Gasteiger charge is 2.41. The van der Waals surface area contributed by atoms with Gasteiger partial charge in [0, 0.05) is 20.9 Å². The van der Waals surface area contributed by atoms with Crippen molar-refractivity contribution < 1.29 is 14.3 Å². The van der Waals surface area contributed by atoms with Gasteiger partial charge in [0.2, 0.25) is 0 Å².